The third-order valence-electron chi connectivity index (χ3n) is 4.67. The number of nitrogens with zero attached hydrogens (tertiary/aromatic N) is 1. The molecule has 3 rings (SSSR count). The molecule has 1 amide bonds. The van der Waals surface area contributed by atoms with Crippen LogP contribution < -0.4 is 9.64 Å². The number of aliphatic hydroxyl groups is 1. The minimum Gasteiger partial charge on any atom is -0.497 e. The zero-order chi connectivity index (χ0) is 18.0. The predicted octanol–water partition coefficient (Wildman–Crippen LogP) is 3.51. The van der Waals surface area contributed by atoms with Gasteiger partial charge in [0.2, 0.25) is 5.91 Å². The van der Waals surface area contributed by atoms with Crippen molar-refractivity contribution in [3.05, 3.63) is 65.7 Å². The fraction of sp³-hybridized carbons (Fsp3) is 0.286. The van der Waals surface area contributed by atoms with Crippen LogP contribution in [0.3, 0.4) is 0 Å². The first-order valence-electron chi connectivity index (χ1n) is 8.41. The fourth-order valence-corrected chi connectivity index (χ4v) is 3.40. The number of rotatable bonds is 5. The van der Waals surface area contributed by atoms with Gasteiger partial charge in [0.15, 0.2) is 0 Å². The third kappa shape index (κ3) is 3.30. The van der Waals surface area contributed by atoms with Crippen LogP contribution in [0.15, 0.2) is 60.2 Å². The molecule has 2 aromatic rings. The summed E-state index contributed by atoms with van der Waals surface area (Å²) in [5.74, 6) is 0.282. The van der Waals surface area contributed by atoms with Gasteiger partial charge in [-0.25, -0.2) is 0 Å². The molecular weight excluding hydrogens is 314 g/mol. The Morgan fingerprint density at radius 2 is 1.80 bits per heavy atom. The van der Waals surface area contributed by atoms with Crippen LogP contribution in [0.1, 0.15) is 19.4 Å². The Hall–Kier alpha value is -2.59. The number of carbonyl (C=O) groups is 1. The van der Waals surface area contributed by atoms with E-state index in [1.54, 1.807) is 18.9 Å². The van der Waals surface area contributed by atoms with Gasteiger partial charge in [-0.15, -0.1) is 0 Å². The van der Waals surface area contributed by atoms with Crippen LogP contribution in [0, 0.1) is 5.92 Å². The van der Waals surface area contributed by atoms with Crippen molar-refractivity contribution in [1.82, 2.24) is 0 Å². The summed E-state index contributed by atoms with van der Waals surface area (Å²) in [6.07, 6.45) is 1.38. The van der Waals surface area contributed by atoms with E-state index in [0.29, 0.717) is 0 Å². The highest BCUT2D eigenvalue weighted by Crippen LogP contribution is 2.39. The summed E-state index contributed by atoms with van der Waals surface area (Å²) >= 11 is 0. The number of hydrogen-bond donors (Lipinski definition) is 1. The second kappa shape index (κ2) is 7.11. The lowest BCUT2D eigenvalue weighted by molar-refractivity contribution is -0.133. The number of hydrogen-bond acceptors (Lipinski definition) is 3. The van der Waals surface area contributed by atoms with Crippen molar-refractivity contribution in [3.8, 4) is 5.75 Å². The highest BCUT2D eigenvalue weighted by atomic mass is 16.5. The van der Waals surface area contributed by atoms with Crippen LogP contribution in [-0.2, 0) is 4.79 Å². The van der Waals surface area contributed by atoms with Crippen molar-refractivity contribution in [2.24, 2.45) is 5.92 Å². The molecule has 1 aliphatic heterocycles. The average Bonchev–Trinajstić information content (AvgIpc) is 2.60. The number of β-lactam (4-membered cyclic amide) rings is 1. The van der Waals surface area contributed by atoms with Crippen LogP contribution in [0.5, 0.6) is 5.75 Å². The van der Waals surface area contributed by atoms with E-state index in [-0.39, 0.29) is 11.9 Å². The van der Waals surface area contributed by atoms with E-state index in [1.165, 1.54) is 0 Å². The van der Waals surface area contributed by atoms with Crippen molar-refractivity contribution in [2.45, 2.75) is 26.0 Å². The molecule has 0 aliphatic carbocycles. The minimum absolute atomic E-state index is 0.0500. The molecule has 0 saturated carbocycles. The van der Waals surface area contributed by atoms with E-state index < -0.39 is 12.0 Å². The highest BCUT2D eigenvalue weighted by molar-refractivity contribution is 6.04. The van der Waals surface area contributed by atoms with E-state index in [0.717, 1.165) is 22.6 Å². The van der Waals surface area contributed by atoms with E-state index in [9.17, 15) is 9.90 Å². The Labute approximate surface area is 148 Å². The van der Waals surface area contributed by atoms with Crippen molar-refractivity contribution in [2.75, 3.05) is 12.0 Å². The van der Waals surface area contributed by atoms with Gasteiger partial charge in [0, 0.05) is 5.69 Å². The zero-order valence-corrected chi connectivity index (χ0v) is 14.7. The van der Waals surface area contributed by atoms with Crippen LogP contribution in [0.25, 0.3) is 6.08 Å². The Morgan fingerprint density at radius 3 is 2.36 bits per heavy atom. The summed E-state index contributed by atoms with van der Waals surface area (Å²) in [6, 6.07) is 17.3. The third-order valence-corrected chi connectivity index (χ3v) is 4.67. The largest absolute Gasteiger partial charge is 0.497 e. The second-order valence-electron chi connectivity index (χ2n) is 6.42. The summed E-state index contributed by atoms with van der Waals surface area (Å²) in [4.78, 5) is 14.4. The van der Waals surface area contributed by atoms with E-state index in [2.05, 4.69) is 6.08 Å². The molecule has 0 aromatic heterocycles. The van der Waals surface area contributed by atoms with Crippen LogP contribution >= 0.6 is 0 Å². The normalized spacial score (nSPS) is 21.7. The Balaban J connectivity index is 1.93. The summed E-state index contributed by atoms with van der Waals surface area (Å²) in [7, 11) is 1.61. The average molecular weight is 337 g/mol. The summed E-state index contributed by atoms with van der Waals surface area (Å²) in [5.41, 5.74) is 2.94. The summed E-state index contributed by atoms with van der Waals surface area (Å²) < 4.78 is 5.19. The van der Waals surface area contributed by atoms with E-state index in [1.807, 2.05) is 61.5 Å². The van der Waals surface area contributed by atoms with Crippen LogP contribution in [0.4, 0.5) is 5.69 Å². The number of aliphatic hydroxyl groups excluding tert-OH is 1. The van der Waals surface area contributed by atoms with Gasteiger partial charge in [-0.2, -0.15) is 0 Å². The maximum absolute atomic E-state index is 12.6. The lowest BCUT2D eigenvalue weighted by atomic mass is 9.78. The van der Waals surface area contributed by atoms with Crippen molar-refractivity contribution in [1.29, 1.82) is 0 Å². The molecule has 130 valence electrons. The first-order chi connectivity index (χ1) is 12.0. The lowest BCUT2D eigenvalue weighted by Crippen LogP contribution is -2.65. The van der Waals surface area contributed by atoms with Gasteiger partial charge in [0.25, 0.3) is 0 Å². The first-order valence-corrected chi connectivity index (χ1v) is 8.41. The minimum atomic E-state index is -0.689. The van der Waals surface area contributed by atoms with Gasteiger partial charge in [-0.05, 0) is 49.2 Å². The molecule has 2 aromatic carbocycles. The second-order valence-corrected chi connectivity index (χ2v) is 6.42. The molecule has 1 fully saturated rings. The molecule has 1 N–H and O–H groups in total. The molecule has 25 heavy (non-hydrogen) atoms. The number of methoxy groups -OCH3 is 1. The van der Waals surface area contributed by atoms with Gasteiger partial charge < -0.3 is 14.7 Å². The number of amides is 1. The molecule has 1 aliphatic rings. The summed E-state index contributed by atoms with van der Waals surface area (Å²) in [5, 5.41) is 10.1. The van der Waals surface area contributed by atoms with Crippen LogP contribution in [0.2, 0.25) is 0 Å². The number of carbonyl (C=O) groups excluding carboxylic acids is 1. The monoisotopic (exact) mass is 337 g/mol. The molecule has 4 nitrogen and oxygen atoms in total. The molecule has 3 atom stereocenters. The topological polar surface area (TPSA) is 49.8 Å². The first kappa shape index (κ1) is 17.2. The molecule has 0 unspecified atom stereocenters. The standard InChI is InChI=1S/C21H23NO3/c1-14(13-16-7-5-4-6-8-16)20-19(15(2)23)21(24)22(20)17-9-11-18(25-3)12-10-17/h4-13,15,19-20,23H,1-3H3/b14-13+/t15-,19-,20+/m1/s1. The van der Waals surface area contributed by atoms with Gasteiger partial charge in [0.05, 0.1) is 25.2 Å². The van der Waals surface area contributed by atoms with Gasteiger partial charge in [-0.3, -0.25) is 4.79 Å². The predicted molar refractivity (Wildman–Crippen MR) is 99.5 cm³/mol. The zero-order valence-electron chi connectivity index (χ0n) is 14.7. The maximum Gasteiger partial charge on any atom is 0.235 e. The number of ether oxygens (including phenoxy) is 1. The van der Waals surface area contributed by atoms with Crippen LogP contribution in [-0.4, -0.2) is 30.3 Å². The van der Waals surface area contributed by atoms with E-state index in [4.69, 9.17) is 4.74 Å². The smallest absolute Gasteiger partial charge is 0.235 e. The molecule has 0 radical (unpaired) electrons. The van der Waals surface area contributed by atoms with Crippen molar-refractivity contribution < 1.29 is 14.6 Å². The lowest BCUT2D eigenvalue weighted by Gasteiger charge is -2.49. The number of benzene rings is 2. The number of anilines is 1. The Kier molecular flexibility index (Phi) is 4.91. The quantitative estimate of drug-likeness (QED) is 0.850. The molecule has 0 spiro atoms. The molecule has 4 heteroatoms. The summed E-state index contributed by atoms with van der Waals surface area (Å²) in [6.45, 7) is 3.69. The highest BCUT2D eigenvalue weighted by Gasteiger charge is 2.50. The molecule has 1 heterocycles. The molecular formula is C21H23NO3. The van der Waals surface area contributed by atoms with E-state index >= 15 is 0 Å². The molecule has 0 bridgehead atoms. The van der Waals surface area contributed by atoms with Crippen molar-refractivity contribution in [3.63, 3.8) is 0 Å². The van der Waals surface area contributed by atoms with Gasteiger partial charge in [0.1, 0.15) is 5.75 Å². The van der Waals surface area contributed by atoms with Gasteiger partial charge >= 0.3 is 0 Å². The fourth-order valence-electron chi connectivity index (χ4n) is 3.40. The maximum atomic E-state index is 12.6. The molecule has 1 saturated heterocycles. The van der Waals surface area contributed by atoms with Gasteiger partial charge in [-0.1, -0.05) is 36.4 Å². The van der Waals surface area contributed by atoms with Crippen molar-refractivity contribution >= 4 is 17.7 Å². The Bertz CT molecular complexity index is 765. The SMILES string of the molecule is COc1ccc(N2C(=O)[C@H]([C@@H](C)O)[C@@H]2/C(C)=C/c2ccccc2)cc1. The Morgan fingerprint density at radius 1 is 1.16 bits per heavy atom.